The number of aromatic nitrogens is 4. The Bertz CT molecular complexity index is 472. The Balaban J connectivity index is 2.23. The van der Waals surface area contributed by atoms with Gasteiger partial charge in [0.1, 0.15) is 10.8 Å². The Kier molecular flexibility index (Phi) is 4.27. The summed E-state index contributed by atoms with van der Waals surface area (Å²) in [6.45, 7) is 2.88. The van der Waals surface area contributed by atoms with Gasteiger partial charge in [0, 0.05) is 25.0 Å². The fraction of sp³-hybridized carbons (Fsp3) is 0.300. The Morgan fingerprint density at radius 2 is 2.29 bits per heavy atom. The van der Waals surface area contributed by atoms with Crippen LogP contribution < -0.4 is 5.32 Å². The van der Waals surface area contributed by atoms with E-state index < -0.39 is 0 Å². The highest BCUT2D eigenvalue weighted by Gasteiger charge is 2.06. The zero-order valence-electron chi connectivity index (χ0n) is 9.60. The number of nitrogens with zero attached hydrogens (tertiary/aromatic N) is 3. The van der Waals surface area contributed by atoms with Crippen molar-refractivity contribution in [3.8, 4) is 0 Å². The van der Waals surface area contributed by atoms with Gasteiger partial charge in [0.2, 0.25) is 0 Å². The van der Waals surface area contributed by atoms with Crippen LogP contribution in [0.15, 0.2) is 33.8 Å². The summed E-state index contributed by atoms with van der Waals surface area (Å²) in [6.07, 6.45) is 5.49. The van der Waals surface area contributed by atoms with Gasteiger partial charge < -0.3 is 10.3 Å². The Hall–Kier alpha value is -1.21. The molecule has 2 rings (SSSR count). The molecule has 17 heavy (non-hydrogen) atoms. The lowest BCUT2D eigenvalue weighted by molar-refractivity contribution is 0.887. The summed E-state index contributed by atoms with van der Waals surface area (Å²) in [7, 11) is 0. The molecule has 0 amide bonds. The van der Waals surface area contributed by atoms with E-state index in [1.807, 2.05) is 19.2 Å². The van der Waals surface area contributed by atoms with Crippen molar-refractivity contribution >= 4 is 29.3 Å². The van der Waals surface area contributed by atoms with Gasteiger partial charge in [0.15, 0.2) is 10.3 Å². The molecule has 7 heteroatoms. The number of hydrogen-bond acceptors (Lipinski definition) is 6. The van der Waals surface area contributed by atoms with Crippen molar-refractivity contribution in [2.75, 3.05) is 18.1 Å². The number of aromatic amines is 1. The van der Waals surface area contributed by atoms with E-state index in [2.05, 4.69) is 25.3 Å². The average molecular weight is 267 g/mol. The molecule has 0 aromatic carbocycles. The third-order valence-corrected chi connectivity index (χ3v) is 3.28. The second kappa shape index (κ2) is 5.92. The van der Waals surface area contributed by atoms with E-state index in [1.165, 1.54) is 23.5 Å². The van der Waals surface area contributed by atoms with Crippen LogP contribution >= 0.6 is 23.5 Å². The van der Waals surface area contributed by atoms with Crippen LogP contribution in [0.2, 0.25) is 0 Å². The van der Waals surface area contributed by atoms with Crippen LogP contribution in [0.4, 0.5) is 5.82 Å². The number of anilines is 1. The molecule has 0 radical (unpaired) electrons. The number of nitrogens with one attached hydrogen (secondary N) is 2. The third kappa shape index (κ3) is 3.37. The Morgan fingerprint density at radius 3 is 2.94 bits per heavy atom. The molecule has 0 spiro atoms. The number of H-pyrrole nitrogens is 1. The standard InChI is InChI=1S/C10H13N5S2/c1-3-11-7-6-8(15-10(14-7)16-2)17-9-12-4-5-13-9/h4-6H,3H2,1-2H3,(H,12,13)(H,11,14,15). The van der Waals surface area contributed by atoms with Gasteiger partial charge in [-0.05, 0) is 24.9 Å². The molecule has 2 aromatic heterocycles. The molecule has 2 aromatic rings. The molecule has 0 bridgehead atoms. The molecule has 0 saturated carbocycles. The van der Waals surface area contributed by atoms with E-state index in [1.54, 1.807) is 12.4 Å². The van der Waals surface area contributed by atoms with Gasteiger partial charge in [-0.1, -0.05) is 11.8 Å². The minimum absolute atomic E-state index is 0.762. The monoisotopic (exact) mass is 267 g/mol. The SMILES string of the molecule is CCNc1cc(Sc2ncc[nH]2)nc(SC)n1. The number of imidazole rings is 1. The second-order valence-corrected chi connectivity index (χ2v) is 4.89. The number of hydrogen-bond donors (Lipinski definition) is 2. The molecule has 90 valence electrons. The first kappa shape index (κ1) is 12.3. The minimum atomic E-state index is 0.762. The molecule has 0 aliphatic heterocycles. The van der Waals surface area contributed by atoms with Crippen LogP contribution in [-0.2, 0) is 0 Å². The maximum atomic E-state index is 4.42. The van der Waals surface area contributed by atoms with Crippen LogP contribution in [0.1, 0.15) is 6.92 Å². The predicted molar refractivity (Wildman–Crippen MR) is 70.7 cm³/mol. The molecule has 0 saturated heterocycles. The van der Waals surface area contributed by atoms with Gasteiger partial charge in [-0.15, -0.1) is 0 Å². The predicted octanol–water partition coefficient (Wildman–Crippen LogP) is 2.50. The number of rotatable bonds is 5. The van der Waals surface area contributed by atoms with Crippen molar-refractivity contribution in [2.45, 2.75) is 22.3 Å². The maximum absolute atomic E-state index is 4.42. The highest BCUT2D eigenvalue weighted by atomic mass is 32.2. The minimum Gasteiger partial charge on any atom is -0.370 e. The van der Waals surface area contributed by atoms with Gasteiger partial charge in [-0.2, -0.15) is 0 Å². The van der Waals surface area contributed by atoms with Crippen LogP contribution in [0.25, 0.3) is 0 Å². The van der Waals surface area contributed by atoms with Crippen LogP contribution in [-0.4, -0.2) is 32.7 Å². The third-order valence-electron chi connectivity index (χ3n) is 1.90. The first-order valence-electron chi connectivity index (χ1n) is 5.16. The van der Waals surface area contributed by atoms with Gasteiger partial charge in [-0.25, -0.2) is 15.0 Å². The van der Waals surface area contributed by atoms with Crippen molar-refractivity contribution in [2.24, 2.45) is 0 Å². The van der Waals surface area contributed by atoms with E-state index in [-0.39, 0.29) is 0 Å². The molecular formula is C10H13N5S2. The molecule has 0 fully saturated rings. The largest absolute Gasteiger partial charge is 0.370 e. The van der Waals surface area contributed by atoms with Gasteiger partial charge in [0.25, 0.3) is 0 Å². The number of thioether (sulfide) groups is 1. The fourth-order valence-electron chi connectivity index (χ4n) is 1.22. The lowest BCUT2D eigenvalue weighted by atomic mass is 10.5. The average Bonchev–Trinajstić information content (AvgIpc) is 2.82. The van der Waals surface area contributed by atoms with Crippen LogP contribution in [0.5, 0.6) is 0 Å². The highest BCUT2D eigenvalue weighted by Crippen LogP contribution is 2.26. The molecule has 2 heterocycles. The molecule has 0 aliphatic carbocycles. The summed E-state index contributed by atoms with van der Waals surface area (Å²) in [5.74, 6) is 0.848. The maximum Gasteiger partial charge on any atom is 0.190 e. The van der Waals surface area contributed by atoms with Crippen molar-refractivity contribution in [1.29, 1.82) is 0 Å². The van der Waals surface area contributed by atoms with Crippen molar-refractivity contribution in [3.05, 3.63) is 18.5 Å². The van der Waals surface area contributed by atoms with E-state index in [0.717, 1.165) is 27.7 Å². The second-order valence-electron chi connectivity index (χ2n) is 3.10. The normalized spacial score (nSPS) is 10.5. The smallest absolute Gasteiger partial charge is 0.190 e. The van der Waals surface area contributed by atoms with Gasteiger partial charge in [0.05, 0.1) is 0 Å². The molecule has 0 aliphatic rings. The fourth-order valence-corrected chi connectivity index (χ4v) is 2.40. The molecule has 2 N–H and O–H groups in total. The van der Waals surface area contributed by atoms with E-state index in [0.29, 0.717) is 0 Å². The molecule has 0 unspecified atom stereocenters. The quantitative estimate of drug-likeness (QED) is 0.493. The molecule has 5 nitrogen and oxygen atoms in total. The van der Waals surface area contributed by atoms with Gasteiger partial charge >= 0.3 is 0 Å². The summed E-state index contributed by atoms with van der Waals surface area (Å²) in [6, 6.07) is 1.93. The topological polar surface area (TPSA) is 66.5 Å². The molecule has 0 atom stereocenters. The Labute approximate surface area is 108 Å². The van der Waals surface area contributed by atoms with E-state index in [9.17, 15) is 0 Å². The summed E-state index contributed by atoms with van der Waals surface area (Å²) < 4.78 is 0. The van der Waals surface area contributed by atoms with E-state index >= 15 is 0 Å². The Morgan fingerprint density at radius 1 is 1.41 bits per heavy atom. The van der Waals surface area contributed by atoms with Crippen LogP contribution in [0, 0.1) is 0 Å². The van der Waals surface area contributed by atoms with Crippen molar-refractivity contribution < 1.29 is 0 Å². The van der Waals surface area contributed by atoms with E-state index in [4.69, 9.17) is 0 Å². The van der Waals surface area contributed by atoms with Gasteiger partial charge in [-0.3, -0.25) is 0 Å². The summed E-state index contributed by atoms with van der Waals surface area (Å²) in [5.41, 5.74) is 0. The summed E-state index contributed by atoms with van der Waals surface area (Å²) in [4.78, 5) is 16.0. The van der Waals surface area contributed by atoms with Crippen molar-refractivity contribution in [3.63, 3.8) is 0 Å². The first-order chi connectivity index (χ1) is 8.31. The first-order valence-corrected chi connectivity index (χ1v) is 7.20. The zero-order valence-corrected chi connectivity index (χ0v) is 11.2. The lowest BCUT2D eigenvalue weighted by Crippen LogP contribution is -2.01. The summed E-state index contributed by atoms with van der Waals surface area (Å²) in [5, 5.41) is 5.67. The zero-order chi connectivity index (χ0) is 12.1. The highest BCUT2D eigenvalue weighted by molar-refractivity contribution is 7.99. The molecular weight excluding hydrogens is 254 g/mol. The summed E-state index contributed by atoms with van der Waals surface area (Å²) >= 11 is 3.02. The van der Waals surface area contributed by atoms with Crippen LogP contribution in [0.3, 0.4) is 0 Å². The van der Waals surface area contributed by atoms with Crippen molar-refractivity contribution in [1.82, 2.24) is 19.9 Å². The lowest BCUT2D eigenvalue weighted by Gasteiger charge is -2.06.